The Hall–Kier alpha value is -10.1. The first-order chi connectivity index (χ1) is 37.2. The second-order valence-electron chi connectivity index (χ2n) is 18.2. The van der Waals surface area contributed by atoms with Crippen molar-refractivity contribution in [2.24, 2.45) is 0 Å². The number of phenols is 3. The summed E-state index contributed by atoms with van der Waals surface area (Å²) in [5.74, 6) is -1.77. The van der Waals surface area contributed by atoms with Crippen molar-refractivity contribution in [1.82, 2.24) is 58.6 Å². The van der Waals surface area contributed by atoms with Crippen LogP contribution in [0.25, 0.3) is 56.0 Å². The molecule has 6 heterocycles. The van der Waals surface area contributed by atoms with Gasteiger partial charge in [0.25, 0.3) is 0 Å². The van der Waals surface area contributed by atoms with Crippen LogP contribution in [0.15, 0.2) is 117 Å². The molecule has 10 aromatic rings. The second-order valence-corrected chi connectivity index (χ2v) is 18.2. The Kier molecular flexibility index (Phi) is 15.8. The minimum Gasteiger partial charge on any atom is -0.508 e. The number of carbonyl (C=O) groups excluding carboxylic acids is 1. The van der Waals surface area contributed by atoms with Crippen molar-refractivity contribution >= 4 is 39.5 Å². The molecule has 0 bridgehead atoms. The number of aliphatic hydroxyl groups is 1. The first kappa shape index (κ1) is 54.2. The van der Waals surface area contributed by atoms with E-state index >= 15 is 0 Å². The van der Waals surface area contributed by atoms with Crippen molar-refractivity contribution in [3.8, 4) is 51.4 Å². The van der Waals surface area contributed by atoms with Crippen LogP contribution in [0.1, 0.15) is 56.2 Å². The third-order valence-electron chi connectivity index (χ3n) is 12.3. The number of halogens is 2. The van der Waals surface area contributed by atoms with Crippen LogP contribution >= 0.6 is 0 Å². The highest BCUT2D eigenvalue weighted by Gasteiger charge is 2.22. The molecule has 4 aromatic carbocycles. The summed E-state index contributed by atoms with van der Waals surface area (Å²) in [6.45, 7) is 10.7. The summed E-state index contributed by atoms with van der Waals surface area (Å²) in [6, 6.07) is 21.1. The number of aromatic nitrogens is 12. The Morgan fingerprint density at radius 1 is 0.679 bits per heavy atom. The molecule has 0 atom stereocenters. The number of hydrogen-bond donors (Lipinski definition) is 10. The highest BCUT2D eigenvalue weighted by molar-refractivity contribution is 5.85. The average molecular weight is 1070 g/mol. The number of aliphatic hydroxyl groups excluding tert-OH is 1. The predicted molar refractivity (Wildman–Crippen MR) is 284 cm³/mol. The van der Waals surface area contributed by atoms with E-state index in [4.69, 9.17) is 10.5 Å². The van der Waals surface area contributed by atoms with Crippen LogP contribution in [-0.2, 0) is 17.8 Å². The van der Waals surface area contributed by atoms with Gasteiger partial charge in [-0.05, 0) is 102 Å². The van der Waals surface area contributed by atoms with Crippen molar-refractivity contribution in [3.63, 3.8) is 0 Å². The molecule has 0 spiro atoms. The number of nitrogens with zero attached hydrogens (tertiary/aromatic N) is 8. The van der Waals surface area contributed by atoms with Crippen molar-refractivity contribution in [1.29, 1.82) is 0 Å². The van der Waals surface area contributed by atoms with Gasteiger partial charge in [-0.1, -0.05) is 27.7 Å². The molecule has 0 saturated heterocycles. The molecule has 404 valence electrons. The lowest BCUT2D eigenvalue weighted by molar-refractivity contribution is 0.157. The van der Waals surface area contributed by atoms with Crippen LogP contribution in [0.2, 0.25) is 0 Å². The largest absolute Gasteiger partial charge is 0.508 e. The number of H-pyrrole nitrogens is 4. The van der Waals surface area contributed by atoms with Gasteiger partial charge in [0, 0.05) is 46.8 Å². The Balaban J connectivity index is 0.000000183. The van der Waals surface area contributed by atoms with Gasteiger partial charge in [-0.3, -0.25) is 15.3 Å². The first-order valence-corrected chi connectivity index (χ1v) is 24.0. The molecule has 10 rings (SSSR count). The number of aromatic hydroxyl groups is 3. The van der Waals surface area contributed by atoms with E-state index in [9.17, 15) is 53.2 Å². The molecule has 0 fully saturated rings. The third kappa shape index (κ3) is 11.6. The molecule has 0 radical (unpaired) electrons. The highest BCUT2D eigenvalue weighted by Crippen LogP contribution is 2.38. The molecule has 6 aromatic heterocycles. The lowest BCUT2D eigenvalue weighted by atomic mass is 9.95. The van der Waals surface area contributed by atoms with Crippen molar-refractivity contribution < 1.29 is 38.7 Å². The van der Waals surface area contributed by atoms with E-state index in [2.05, 4.69) is 54.5 Å². The second kappa shape index (κ2) is 22.8. The lowest BCUT2D eigenvalue weighted by Gasteiger charge is -2.14. The molecular formula is C52H52F2N14O10. The van der Waals surface area contributed by atoms with E-state index in [1.807, 2.05) is 77.5 Å². The molecule has 78 heavy (non-hydrogen) atoms. The summed E-state index contributed by atoms with van der Waals surface area (Å²) < 4.78 is 37.5. The minimum absolute atomic E-state index is 0.0366. The summed E-state index contributed by atoms with van der Waals surface area (Å²) in [5.41, 5.74) is 8.97. The number of rotatable bonds is 12. The van der Waals surface area contributed by atoms with E-state index in [1.54, 1.807) is 36.5 Å². The Morgan fingerprint density at radius 3 is 1.72 bits per heavy atom. The number of phenolic OH excluding ortho intramolecular Hbond substituents is 3. The summed E-state index contributed by atoms with van der Waals surface area (Å²) in [6.07, 6.45) is 4.18. The molecule has 1 amide bonds. The fraction of sp³-hybridized carbons (Fsp3) is 0.212. The molecule has 0 aliphatic rings. The number of carbonyl (C=O) groups is 1. The van der Waals surface area contributed by atoms with Gasteiger partial charge < -0.3 is 40.0 Å². The van der Waals surface area contributed by atoms with Gasteiger partial charge in [-0.2, -0.15) is 20.2 Å². The van der Waals surface area contributed by atoms with Crippen LogP contribution in [-0.4, -0.2) is 98.3 Å². The van der Waals surface area contributed by atoms with E-state index in [1.165, 1.54) is 15.2 Å². The molecule has 24 nitrogen and oxygen atoms in total. The zero-order valence-electron chi connectivity index (χ0n) is 42.4. The number of anilines is 2. The van der Waals surface area contributed by atoms with Crippen molar-refractivity contribution in [2.45, 2.75) is 59.5 Å². The monoisotopic (exact) mass is 1070 g/mol. The smallest absolute Gasteiger partial charge is 0.412 e. The standard InChI is InChI=1S/C26H24FN7O6.C22H24N4O3.C4H4FN3O/c1-13(2)16-10-17(21(36)11-20(16)35)23-31-32-25(38)34(23)15-3-4-19-14(9-15)5-6-33(19)7-8-40-26(39)30-22-18(27)12-28-24(37)29-22;1-13(2)17-12-18(20(28)10-14(17)3)21-23-24-22(29)26(21)16-4-5-19-15(11-16)6-7-25(19)8-9-27;5-2-1-7-4(9)8-3(2)6/h3-6,9-13,35-36H,7-8H2,1-2H3,(H,32,38)(H2,28,29,30,37,39);4-7,10-13,27-28H,8-9H2,1-3H3,(H,24,29);1H,(H3,6,7,8,9). The number of hydrogen-bond acceptors (Lipinski definition) is 15. The van der Waals surface area contributed by atoms with Crippen LogP contribution < -0.4 is 33.8 Å². The van der Waals surface area contributed by atoms with Crippen LogP contribution in [0, 0.1) is 18.6 Å². The fourth-order valence-corrected chi connectivity index (χ4v) is 8.57. The van der Waals surface area contributed by atoms with Crippen LogP contribution in [0.3, 0.4) is 0 Å². The van der Waals surface area contributed by atoms with Gasteiger partial charge in [0.05, 0.1) is 48.0 Å². The average Bonchev–Trinajstić information content (AvgIpc) is 4.20. The minimum atomic E-state index is -0.954. The molecular weight excluding hydrogens is 1020 g/mol. The van der Waals surface area contributed by atoms with Crippen LogP contribution in [0.4, 0.5) is 25.2 Å². The fourth-order valence-electron chi connectivity index (χ4n) is 8.57. The molecule has 26 heteroatoms. The number of aryl methyl sites for hydroxylation is 1. The van der Waals surface area contributed by atoms with Crippen molar-refractivity contribution in [3.05, 3.63) is 168 Å². The Labute approximate surface area is 438 Å². The molecule has 0 saturated carbocycles. The zero-order chi connectivity index (χ0) is 56.1. The van der Waals surface area contributed by atoms with Crippen molar-refractivity contribution in [2.75, 3.05) is 24.3 Å². The summed E-state index contributed by atoms with van der Waals surface area (Å²) in [4.78, 5) is 69.1. The molecule has 0 aliphatic heterocycles. The van der Waals surface area contributed by atoms with E-state index < -0.39 is 40.6 Å². The number of benzene rings is 4. The van der Waals surface area contributed by atoms with Gasteiger partial charge in [-0.25, -0.2) is 52.1 Å². The summed E-state index contributed by atoms with van der Waals surface area (Å²) in [7, 11) is 0. The van der Waals surface area contributed by atoms with Gasteiger partial charge in [-0.15, -0.1) is 0 Å². The maximum absolute atomic E-state index is 13.7. The normalized spacial score (nSPS) is 11.2. The maximum atomic E-state index is 13.7. The van der Waals surface area contributed by atoms with E-state index in [-0.39, 0.29) is 71.7 Å². The number of ether oxygens (including phenoxy) is 1. The molecule has 0 aliphatic carbocycles. The predicted octanol–water partition coefficient (Wildman–Crippen LogP) is 5.99. The van der Waals surface area contributed by atoms with Crippen LogP contribution in [0.5, 0.6) is 17.2 Å². The maximum Gasteiger partial charge on any atom is 0.412 e. The zero-order valence-corrected chi connectivity index (χ0v) is 42.4. The van der Waals surface area contributed by atoms with Gasteiger partial charge in [0.1, 0.15) is 29.7 Å². The quantitative estimate of drug-likeness (QED) is 0.0672. The summed E-state index contributed by atoms with van der Waals surface area (Å²) >= 11 is 0. The number of aromatic amines is 4. The topological polar surface area (TPSA) is 348 Å². The number of fused-ring (bicyclic) bond motifs is 2. The van der Waals surface area contributed by atoms with Gasteiger partial charge >= 0.3 is 28.9 Å². The number of nitrogen functional groups attached to an aromatic ring is 1. The first-order valence-electron chi connectivity index (χ1n) is 24.0. The molecule has 0 unspecified atom stereocenters. The van der Waals surface area contributed by atoms with Gasteiger partial charge in [0.15, 0.2) is 29.1 Å². The number of nitrogens with one attached hydrogen (secondary N) is 5. The van der Waals surface area contributed by atoms with Gasteiger partial charge in [0.2, 0.25) is 0 Å². The third-order valence-corrected chi connectivity index (χ3v) is 12.3. The number of amides is 1. The molecule has 11 N–H and O–H groups in total. The van der Waals surface area contributed by atoms with E-state index in [0.717, 1.165) is 39.1 Å². The van der Waals surface area contributed by atoms with E-state index in [0.29, 0.717) is 41.1 Å². The number of nitrogens with two attached hydrogens (primary N) is 1. The lowest BCUT2D eigenvalue weighted by Crippen LogP contribution is -2.21. The SMILES string of the molecule is CC(C)c1cc(-c2n[nH]c(=O)n2-c2ccc3c(ccn3CCOC(=O)Nc3[nH]c(=O)ncc3F)c2)c(O)cc1O.Cc1cc(O)c(-c2n[nH]c(=O)n2-c2ccc3c(ccn3CCO)c2)cc1C(C)C.Nc1[nH]c(=O)ncc1F. The summed E-state index contributed by atoms with van der Waals surface area (Å²) in [5, 5.41) is 57.6. The Bertz CT molecular complexity index is 4090. The Morgan fingerprint density at radius 2 is 1.19 bits per heavy atom. The highest BCUT2D eigenvalue weighted by atomic mass is 19.1.